The van der Waals surface area contributed by atoms with Gasteiger partial charge >= 0.3 is 0 Å². The number of aromatic nitrogens is 2. The molecule has 0 atom stereocenters. The van der Waals surface area contributed by atoms with E-state index in [2.05, 4.69) is 9.97 Å². The molecule has 2 N–H and O–H groups in total. The van der Waals surface area contributed by atoms with E-state index in [-0.39, 0.29) is 0 Å². The Labute approximate surface area is 85.7 Å². The van der Waals surface area contributed by atoms with E-state index in [9.17, 15) is 0 Å². The minimum Gasteiger partial charge on any atom is -0.461 e. The second-order valence-corrected chi connectivity index (χ2v) is 3.18. The van der Waals surface area contributed by atoms with Crippen molar-refractivity contribution in [2.45, 2.75) is 6.92 Å². The Morgan fingerprint density at radius 3 is 2.79 bits per heavy atom. The van der Waals surface area contributed by atoms with Crippen LogP contribution >= 0.6 is 11.6 Å². The molecule has 2 rings (SSSR count). The number of hydrogen-bond donors (Lipinski definition) is 1. The van der Waals surface area contributed by atoms with Crippen molar-refractivity contribution in [1.29, 1.82) is 0 Å². The summed E-state index contributed by atoms with van der Waals surface area (Å²) in [7, 11) is 0. The Kier molecular flexibility index (Phi) is 2.13. The molecule has 0 spiro atoms. The fourth-order valence-corrected chi connectivity index (χ4v) is 1.20. The third-order valence-corrected chi connectivity index (χ3v) is 2.23. The minimum absolute atomic E-state index is 0.351. The average molecular weight is 210 g/mol. The van der Waals surface area contributed by atoms with Gasteiger partial charge in [0.05, 0.1) is 6.26 Å². The maximum Gasteiger partial charge on any atom is 0.199 e. The van der Waals surface area contributed by atoms with E-state index in [0.29, 0.717) is 28.1 Å². The SMILES string of the molecule is Cc1c(N)nc(-c2ccco2)nc1Cl. The van der Waals surface area contributed by atoms with Gasteiger partial charge in [-0.15, -0.1) is 0 Å². The second kappa shape index (κ2) is 3.31. The minimum atomic E-state index is 0.351. The van der Waals surface area contributed by atoms with E-state index in [1.54, 1.807) is 25.3 Å². The summed E-state index contributed by atoms with van der Waals surface area (Å²) >= 11 is 5.86. The predicted octanol–water partition coefficient (Wildman–Crippen LogP) is 2.28. The smallest absolute Gasteiger partial charge is 0.199 e. The molecular formula is C9H8ClN3O. The number of nitrogens with two attached hydrogens (primary N) is 1. The molecule has 0 amide bonds. The van der Waals surface area contributed by atoms with E-state index in [1.807, 2.05) is 0 Å². The first-order valence-electron chi connectivity index (χ1n) is 4.02. The summed E-state index contributed by atoms with van der Waals surface area (Å²) < 4.78 is 5.13. The lowest BCUT2D eigenvalue weighted by atomic mass is 10.3. The number of anilines is 1. The van der Waals surface area contributed by atoms with Crippen LogP contribution in [0.4, 0.5) is 5.82 Å². The summed E-state index contributed by atoms with van der Waals surface area (Å²) in [6.07, 6.45) is 1.54. The maximum atomic E-state index is 5.86. The van der Waals surface area contributed by atoms with Gasteiger partial charge in [0.2, 0.25) is 0 Å². The number of nitrogen functional groups attached to an aromatic ring is 1. The molecule has 0 aliphatic heterocycles. The van der Waals surface area contributed by atoms with E-state index in [0.717, 1.165) is 0 Å². The van der Waals surface area contributed by atoms with Crippen LogP contribution in [0, 0.1) is 6.92 Å². The molecule has 0 saturated heterocycles. The van der Waals surface area contributed by atoms with Crippen molar-refractivity contribution in [2.75, 3.05) is 5.73 Å². The van der Waals surface area contributed by atoms with E-state index >= 15 is 0 Å². The number of rotatable bonds is 1. The topological polar surface area (TPSA) is 64.9 Å². The molecule has 0 aliphatic carbocycles. The van der Waals surface area contributed by atoms with Crippen LogP contribution in [0.1, 0.15) is 5.56 Å². The quantitative estimate of drug-likeness (QED) is 0.732. The Balaban J connectivity index is 2.57. The van der Waals surface area contributed by atoms with E-state index in [4.69, 9.17) is 21.8 Å². The molecule has 14 heavy (non-hydrogen) atoms. The molecule has 0 unspecified atom stereocenters. The van der Waals surface area contributed by atoms with Gasteiger partial charge in [0.25, 0.3) is 0 Å². The van der Waals surface area contributed by atoms with Crippen molar-refractivity contribution in [1.82, 2.24) is 9.97 Å². The first-order valence-corrected chi connectivity index (χ1v) is 4.40. The summed E-state index contributed by atoms with van der Waals surface area (Å²) in [5, 5.41) is 0.351. The van der Waals surface area contributed by atoms with Crippen molar-refractivity contribution < 1.29 is 4.42 Å². The molecule has 0 aliphatic rings. The highest BCUT2D eigenvalue weighted by Gasteiger charge is 2.09. The first-order chi connectivity index (χ1) is 6.68. The van der Waals surface area contributed by atoms with Gasteiger partial charge in [-0.25, -0.2) is 9.97 Å². The monoisotopic (exact) mass is 209 g/mol. The Morgan fingerprint density at radius 2 is 2.21 bits per heavy atom. The standard InChI is InChI=1S/C9H8ClN3O/c1-5-7(10)12-9(13-8(5)11)6-3-2-4-14-6/h2-4H,1H3,(H2,11,12,13). The third-order valence-electron chi connectivity index (χ3n) is 1.87. The van der Waals surface area contributed by atoms with E-state index in [1.165, 1.54) is 0 Å². The zero-order valence-electron chi connectivity index (χ0n) is 7.49. The van der Waals surface area contributed by atoms with Gasteiger partial charge in [0, 0.05) is 5.56 Å². The molecule has 0 fully saturated rings. The number of furan rings is 1. The van der Waals surface area contributed by atoms with Crippen LogP contribution in [-0.2, 0) is 0 Å². The number of hydrogen-bond acceptors (Lipinski definition) is 4. The first kappa shape index (κ1) is 9.02. The Morgan fingerprint density at radius 1 is 1.43 bits per heavy atom. The van der Waals surface area contributed by atoms with Crippen molar-refractivity contribution in [3.05, 3.63) is 29.1 Å². The van der Waals surface area contributed by atoms with Crippen LogP contribution in [-0.4, -0.2) is 9.97 Å². The molecule has 4 nitrogen and oxygen atoms in total. The van der Waals surface area contributed by atoms with Crippen molar-refractivity contribution in [2.24, 2.45) is 0 Å². The molecule has 72 valence electrons. The second-order valence-electron chi connectivity index (χ2n) is 2.83. The van der Waals surface area contributed by atoms with Crippen molar-refractivity contribution in [3.63, 3.8) is 0 Å². The van der Waals surface area contributed by atoms with Crippen LogP contribution in [0.3, 0.4) is 0 Å². The summed E-state index contributed by atoms with van der Waals surface area (Å²) in [4.78, 5) is 8.12. The fraction of sp³-hybridized carbons (Fsp3) is 0.111. The van der Waals surface area contributed by atoms with Crippen LogP contribution in [0.2, 0.25) is 5.15 Å². The molecule has 0 bridgehead atoms. The van der Waals surface area contributed by atoms with Crippen LogP contribution in [0.25, 0.3) is 11.6 Å². The lowest BCUT2D eigenvalue weighted by Crippen LogP contribution is -1.99. The van der Waals surface area contributed by atoms with Gasteiger partial charge in [-0.2, -0.15) is 0 Å². The highest BCUT2D eigenvalue weighted by molar-refractivity contribution is 6.30. The van der Waals surface area contributed by atoms with Crippen LogP contribution < -0.4 is 5.73 Å². The molecule has 0 radical (unpaired) electrons. The fourth-order valence-electron chi connectivity index (χ4n) is 1.02. The third kappa shape index (κ3) is 1.44. The normalized spacial score (nSPS) is 10.4. The number of nitrogens with zero attached hydrogens (tertiary/aromatic N) is 2. The van der Waals surface area contributed by atoms with Gasteiger partial charge in [-0.3, -0.25) is 0 Å². The van der Waals surface area contributed by atoms with Crippen LogP contribution in [0.5, 0.6) is 0 Å². The van der Waals surface area contributed by atoms with Crippen molar-refractivity contribution in [3.8, 4) is 11.6 Å². The van der Waals surface area contributed by atoms with Gasteiger partial charge in [0.15, 0.2) is 11.6 Å². The molecule has 0 aromatic carbocycles. The molecule has 5 heteroatoms. The summed E-state index contributed by atoms with van der Waals surface area (Å²) in [5.41, 5.74) is 6.33. The zero-order chi connectivity index (χ0) is 10.1. The summed E-state index contributed by atoms with van der Waals surface area (Å²) in [6, 6.07) is 3.50. The zero-order valence-corrected chi connectivity index (χ0v) is 8.25. The largest absolute Gasteiger partial charge is 0.461 e. The highest BCUT2D eigenvalue weighted by atomic mass is 35.5. The predicted molar refractivity (Wildman–Crippen MR) is 53.9 cm³/mol. The van der Waals surface area contributed by atoms with E-state index < -0.39 is 0 Å². The van der Waals surface area contributed by atoms with Gasteiger partial charge in [-0.1, -0.05) is 11.6 Å². The summed E-state index contributed by atoms with van der Waals surface area (Å²) in [5.74, 6) is 1.33. The Bertz CT molecular complexity index is 430. The lowest BCUT2D eigenvalue weighted by Gasteiger charge is -2.02. The molecule has 2 aromatic rings. The molecule has 2 heterocycles. The summed E-state index contributed by atoms with van der Waals surface area (Å²) in [6.45, 7) is 1.77. The van der Waals surface area contributed by atoms with Gasteiger partial charge in [-0.05, 0) is 19.1 Å². The molecular weight excluding hydrogens is 202 g/mol. The molecule has 0 saturated carbocycles. The van der Waals surface area contributed by atoms with Crippen LogP contribution in [0.15, 0.2) is 22.8 Å². The Hall–Kier alpha value is -1.55. The van der Waals surface area contributed by atoms with Gasteiger partial charge < -0.3 is 10.2 Å². The van der Waals surface area contributed by atoms with Gasteiger partial charge in [0.1, 0.15) is 11.0 Å². The van der Waals surface area contributed by atoms with Crippen molar-refractivity contribution >= 4 is 17.4 Å². The molecule has 2 aromatic heterocycles. The lowest BCUT2D eigenvalue weighted by molar-refractivity contribution is 0.577. The number of halogens is 1. The average Bonchev–Trinajstić information content (AvgIpc) is 2.66. The highest BCUT2D eigenvalue weighted by Crippen LogP contribution is 2.22. The maximum absolute atomic E-state index is 5.86.